The van der Waals surface area contributed by atoms with Gasteiger partial charge in [0.2, 0.25) is 5.91 Å². The number of carbonyl (C=O) groups excluding carboxylic acids is 2. The molecular weight excluding hydrogens is 292 g/mol. The molecule has 0 radical (unpaired) electrons. The molecule has 0 bridgehead atoms. The molecule has 1 aromatic rings. The van der Waals surface area contributed by atoms with Crippen LogP contribution in [0.3, 0.4) is 0 Å². The number of hydrogen-bond acceptors (Lipinski definition) is 6. The number of nitrogens with one attached hydrogen (secondary N) is 1. The van der Waals surface area contributed by atoms with Crippen LogP contribution in [0.2, 0.25) is 0 Å². The summed E-state index contributed by atoms with van der Waals surface area (Å²) < 4.78 is 10.3. The van der Waals surface area contributed by atoms with Gasteiger partial charge in [-0.25, -0.2) is 9.78 Å². The summed E-state index contributed by atoms with van der Waals surface area (Å²) in [4.78, 5) is 27.6. The van der Waals surface area contributed by atoms with Crippen LogP contribution in [0.15, 0.2) is 5.38 Å². The molecule has 1 aromatic heterocycles. The van der Waals surface area contributed by atoms with Gasteiger partial charge >= 0.3 is 5.97 Å². The predicted molar refractivity (Wildman–Crippen MR) is 78.3 cm³/mol. The van der Waals surface area contributed by atoms with E-state index in [-0.39, 0.29) is 17.9 Å². The van der Waals surface area contributed by atoms with Gasteiger partial charge in [0.05, 0.1) is 11.6 Å². The normalized spacial score (nSPS) is 21.2. The minimum atomic E-state index is -0.405. The molecule has 1 amide bonds. The number of hydrogen-bond donors (Lipinski definition) is 1. The van der Waals surface area contributed by atoms with E-state index in [2.05, 4.69) is 10.3 Å². The number of aromatic nitrogens is 1. The first-order chi connectivity index (χ1) is 10.1. The summed E-state index contributed by atoms with van der Waals surface area (Å²) in [5.74, 6) is -0.209. The maximum Gasteiger partial charge on any atom is 0.357 e. The molecule has 2 rings (SSSR count). The zero-order valence-electron chi connectivity index (χ0n) is 12.3. The second kappa shape index (κ2) is 7.51. The monoisotopic (exact) mass is 312 g/mol. The number of carbonyl (C=O) groups is 2. The molecule has 6 nitrogen and oxygen atoms in total. The molecule has 1 aliphatic rings. The second-order valence-corrected chi connectivity index (χ2v) is 5.89. The van der Waals surface area contributed by atoms with Crippen LogP contribution < -0.4 is 5.32 Å². The van der Waals surface area contributed by atoms with E-state index in [1.807, 2.05) is 6.92 Å². The molecule has 0 spiro atoms. The molecule has 1 N–H and O–H groups in total. The standard InChI is InChI=1S/C14H20N2O4S/c1-3-19-14(18)10-8-21-11(16-10)4-6-15-13(17)12-9(2)5-7-20-12/h8-9,12H,3-7H2,1-2H3,(H,15,17)/t9-,12+/m0/s1. The predicted octanol–water partition coefficient (Wildman–Crippen LogP) is 1.40. The SMILES string of the molecule is CCOC(=O)c1csc(CCNC(=O)[C@@H]2OCC[C@@H]2C)n1. The van der Waals surface area contributed by atoms with Gasteiger partial charge in [0.25, 0.3) is 0 Å². The Morgan fingerprint density at radius 1 is 1.57 bits per heavy atom. The van der Waals surface area contributed by atoms with Gasteiger partial charge in [0.1, 0.15) is 6.10 Å². The molecule has 2 heterocycles. The van der Waals surface area contributed by atoms with E-state index in [4.69, 9.17) is 9.47 Å². The minimum absolute atomic E-state index is 0.0674. The number of amides is 1. The largest absolute Gasteiger partial charge is 0.461 e. The molecule has 2 atom stereocenters. The van der Waals surface area contributed by atoms with Crippen molar-refractivity contribution in [3.63, 3.8) is 0 Å². The summed E-state index contributed by atoms with van der Waals surface area (Å²) in [6, 6.07) is 0. The Morgan fingerprint density at radius 3 is 3.05 bits per heavy atom. The van der Waals surface area contributed by atoms with Crippen molar-refractivity contribution in [2.75, 3.05) is 19.8 Å². The van der Waals surface area contributed by atoms with Gasteiger partial charge < -0.3 is 14.8 Å². The average molecular weight is 312 g/mol. The van der Waals surface area contributed by atoms with Crippen molar-refractivity contribution in [3.8, 4) is 0 Å². The van der Waals surface area contributed by atoms with E-state index in [1.54, 1.807) is 12.3 Å². The summed E-state index contributed by atoms with van der Waals surface area (Å²) in [5, 5.41) is 5.34. The van der Waals surface area contributed by atoms with Crippen molar-refractivity contribution < 1.29 is 19.1 Å². The zero-order chi connectivity index (χ0) is 15.2. The summed E-state index contributed by atoms with van der Waals surface area (Å²) in [6.45, 7) is 5.24. The number of thiazole rings is 1. The van der Waals surface area contributed by atoms with Crippen LogP contribution in [0.25, 0.3) is 0 Å². The van der Waals surface area contributed by atoms with Gasteiger partial charge in [-0.05, 0) is 19.3 Å². The second-order valence-electron chi connectivity index (χ2n) is 4.95. The molecular formula is C14H20N2O4S. The van der Waals surface area contributed by atoms with E-state index in [0.717, 1.165) is 11.4 Å². The lowest BCUT2D eigenvalue weighted by Crippen LogP contribution is -2.38. The molecule has 116 valence electrons. The molecule has 0 aliphatic carbocycles. The average Bonchev–Trinajstić information content (AvgIpc) is 3.08. The molecule has 0 aromatic carbocycles. The molecule has 7 heteroatoms. The van der Waals surface area contributed by atoms with Crippen LogP contribution in [-0.2, 0) is 20.7 Å². The van der Waals surface area contributed by atoms with Gasteiger partial charge in [-0.1, -0.05) is 6.92 Å². The van der Waals surface area contributed by atoms with Crippen molar-refractivity contribution in [2.24, 2.45) is 5.92 Å². The summed E-state index contributed by atoms with van der Waals surface area (Å²) in [7, 11) is 0. The lowest BCUT2D eigenvalue weighted by atomic mass is 10.0. The van der Waals surface area contributed by atoms with Crippen LogP contribution in [0, 0.1) is 5.92 Å². The Balaban J connectivity index is 1.76. The first-order valence-electron chi connectivity index (χ1n) is 7.12. The fourth-order valence-corrected chi connectivity index (χ4v) is 2.92. The van der Waals surface area contributed by atoms with Crippen LogP contribution in [0.1, 0.15) is 35.8 Å². The lowest BCUT2D eigenvalue weighted by molar-refractivity contribution is -0.131. The summed E-state index contributed by atoms with van der Waals surface area (Å²) in [5.41, 5.74) is 0.330. The van der Waals surface area contributed by atoms with Crippen molar-refractivity contribution >= 4 is 23.2 Å². The summed E-state index contributed by atoms with van der Waals surface area (Å²) in [6.07, 6.45) is 1.18. The Kier molecular flexibility index (Phi) is 5.69. The third kappa shape index (κ3) is 4.25. The smallest absolute Gasteiger partial charge is 0.357 e. The molecule has 0 unspecified atom stereocenters. The topological polar surface area (TPSA) is 77.5 Å². The van der Waals surface area contributed by atoms with Gasteiger partial charge in [-0.2, -0.15) is 0 Å². The van der Waals surface area contributed by atoms with Crippen molar-refractivity contribution in [1.29, 1.82) is 0 Å². The first-order valence-corrected chi connectivity index (χ1v) is 8.00. The molecule has 21 heavy (non-hydrogen) atoms. The highest BCUT2D eigenvalue weighted by molar-refractivity contribution is 7.09. The maximum atomic E-state index is 11.9. The van der Waals surface area contributed by atoms with E-state index in [1.165, 1.54) is 11.3 Å². The Hall–Kier alpha value is -1.47. The highest BCUT2D eigenvalue weighted by atomic mass is 32.1. The van der Waals surface area contributed by atoms with Crippen LogP contribution in [-0.4, -0.2) is 42.7 Å². The van der Waals surface area contributed by atoms with E-state index < -0.39 is 5.97 Å². The highest BCUT2D eigenvalue weighted by Gasteiger charge is 2.30. The van der Waals surface area contributed by atoms with Crippen LogP contribution >= 0.6 is 11.3 Å². The highest BCUT2D eigenvalue weighted by Crippen LogP contribution is 2.20. The Labute approximate surface area is 127 Å². The van der Waals surface area contributed by atoms with Crippen LogP contribution in [0.5, 0.6) is 0 Å². The molecule has 1 saturated heterocycles. The molecule has 1 aliphatic heterocycles. The quantitative estimate of drug-likeness (QED) is 0.804. The van der Waals surface area contributed by atoms with E-state index in [0.29, 0.717) is 31.9 Å². The van der Waals surface area contributed by atoms with E-state index >= 15 is 0 Å². The zero-order valence-corrected chi connectivity index (χ0v) is 13.1. The minimum Gasteiger partial charge on any atom is -0.461 e. The van der Waals surface area contributed by atoms with Gasteiger partial charge in [0.15, 0.2) is 5.69 Å². The third-order valence-electron chi connectivity index (χ3n) is 3.32. The Bertz CT molecular complexity index is 503. The third-order valence-corrected chi connectivity index (χ3v) is 4.23. The van der Waals surface area contributed by atoms with Crippen LogP contribution in [0.4, 0.5) is 0 Å². The maximum absolute atomic E-state index is 11.9. The number of nitrogens with zero attached hydrogens (tertiary/aromatic N) is 1. The van der Waals surface area contributed by atoms with Crippen molar-refractivity contribution in [1.82, 2.24) is 10.3 Å². The fraction of sp³-hybridized carbons (Fsp3) is 0.643. The number of rotatable bonds is 6. The van der Waals surface area contributed by atoms with Gasteiger partial charge in [0, 0.05) is 25.0 Å². The number of esters is 1. The first kappa shape index (κ1) is 15.9. The summed E-state index contributed by atoms with van der Waals surface area (Å²) >= 11 is 1.39. The van der Waals surface area contributed by atoms with Gasteiger partial charge in [-0.3, -0.25) is 4.79 Å². The van der Waals surface area contributed by atoms with Gasteiger partial charge in [-0.15, -0.1) is 11.3 Å². The Morgan fingerprint density at radius 2 is 2.38 bits per heavy atom. The van der Waals surface area contributed by atoms with E-state index in [9.17, 15) is 9.59 Å². The molecule has 1 fully saturated rings. The van der Waals surface area contributed by atoms with Crippen molar-refractivity contribution in [3.05, 3.63) is 16.1 Å². The lowest BCUT2D eigenvalue weighted by Gasteiger charge is -2.13. The molecule has 0 saturated carbocycles. The van der Waals surface area contributed by atoms with Crippen molar-refractivity contribution in [2.45, 2.75) is 32.8 Å². The number of ether oxygens (including phenoxy) is 2. The fourth-order valence-electron chi connectivity index (χ4n) is 2.15.